The molecule has 0 aliphatic heterocycles. The summed E-state index contributed by atoms with van der Waals surface area (Å²) in [6.45, 7) is 0. The summed E-state index contributed by atoms with van der Waals surface area (Å²) in [6.07, 6.45) is -1.07. The van der Waals surface area contributed by atoms with Crippen LogP contribution < -0.4 is 10.1 Å². The van der Waals surface area contributed by atoms with Crippen LogP contribution in [-0.2, 0) is 0 Å². The number of aromatic hydroxyl groups is 1. The molecule has 0 unspecified atom stereocenters. The molecule has 2 aromatic rings. The zero-order chi connectivity index (χ0) is 15.5. The van der Waals surface area contributed by atoms with Gasteiger partial charge in [-0.05, 0) is 12.1 Å². The second-order valence-electron chi connectivity index (χ2n) is 3.77. The van der Waals surface area contributed by atoms with Gasteiger partial charge in [0.2, 0.25) is 0 Å². The molecule has 0 atom stereocenters. The van der Waals surface area contributed by atoms with Crippen LogP contribution >= 0.6 is 0 Å². The third-order valence-electron chi connectivity index (χ3n) is 2.25. The number of rotatable bonds is 3. The van der Waals surface area contributed by atoms with Crippen LogP contribution in [0.5, 0.6) is 11.5 Å². The van der Waals surface area contributed by atoms with Gasteiger partial charge >= 0.3 is 6.36 Å². The van der Waals surface area contributed by atoms with Crippen molar-refractivity contribution in [1.82, 2.24) is 9.97 Å². The highest BCUT2D eigenvalue weighted by molar-refractivity contribution is 6.03. The van der Waals surface area contributed by atoms with E-state index in [0.29, 0.717) is 0 Å². The number of phenolic OH excluding ortho intramolecular Hbond substituents is 1. The molecular weight excluding hydrogens is 291 g/mol. The van der Waals surface area contributed by atoms with E-state index in [-0.39, 0.29) is 11.4 Å². The van der Waals surface area contributed by atoms with Crippen LogP contribution in [0, 0.1) is 0 Å². The molecule has 2 N–H and O–H groups in total. The smallest absolute Gasteiger partial charge is 0.506 e. The maximum Gasteiger partial charge on any atom is 0.573 e. The largest absolute Gasteiger partial charge is 0.573 e. The number of carbonyl (C=O) groups excluding carboxylic acids is 1. The van der Waals surface area contributed by atoms with Gasteiger partial charge < -0.3 is 15.2 Å². The summed E-state index contributed by atoms with van der Waals surface area (Å²) in [5.41, 5.74) is -0.300. The number of hydrogen-bond acceptors (Lipinski definition) is 5. The molecule has 0 aliphatic carbocycles. The molecule has 21 heavy (non-hydrogen) atoms. The lowest BCUT2D eigenvalue weighted by Crippen LogP contribution is -2.18. The SMILES string of the molecule is O=C(Nc1cc(OC(F)(F)F)ccc1O)c1cnccn1. The van der Waals surface area contributed by atoms with Crippen molar-refractivity contribution >= 4 is 11.6 Å². The average molecular weight is 299 g/mol. The minimum atomic E-state index is -4.87. The Bertz CT molecular complexity index is 647. The summed E-state index contributed by atoms with van der Waals surface area (Å²) in [5, 5.41) is 11.8. The van der Waals surface area contributed by atoms with Gasteiger partial charge in [0.1, 0.15) is 17.2 Å². The average Bonchev–Trinajstić information content (AvgIpc) is 2.42. The van der Waals surface area contributed by atoms with Crippen LogP contribution in [0.2, 0.25) is 0 Å². The van der Waals surface area contributed by atoms with Gasteiger partial charge in [-0.1, -0.05) is 0 Å². The minimum absolute atomic E-state index is 0.0564. The maximum absolute atomic E-state index is 12.1. The fourth-order valence-electron chi connectivity index (χ4n) is 1.42. The first-order valence-electron chi connectivity index (χ1n) is 5.51. The lowest BCUT2D eigenvalue weighted by atomic mass is 10.2. The number of amides is 1. The van der Waals surface area contributed by atoms with Crippen LogP contribution in [-0.4, -0.2) is 27.3 Å². The van der Waals surface area contributed by atoms with Gasteiger partial charge in [0.05, 0.1) is 11.9 Å². The third-order valence-corrected chi connectivity index (χ3v) is 2.25. The molecule has 0 saturated carbocycles. The maximum atomic E-state index is 12.1. The Morgan fingerprint density at radius 3 is 2.67 bits per heavy atom. The Kier molecular flexibility index (Phi) is 3.92. The number of anilines is 1. The molecule has 9 heteroatoms. The van der Waals surface area contributed by atoms with Crippen LogP contribution in [0.1, 0.15) is 10.5 Å². The van der Waals surface area contributed by atoms with Gasteiger partial charge in [-0.15, -0.1) is 13.2 Å². The first-order valence-corrected chi connectivity index (χ1v) is 5.51. The zero-order valence-electron chi connectivity index (χ0n) is 10.3. The second kappa shape index (κ2) is 5.65. The first kappa shape index (κ1) is 14.6. The minimum Gasteiger partial charge on any atom is -0.506 e. The van der Waals surface area contributed by atoms with Crippen LogP contribution in [0.15, 0.2) is 36.8 Å². The molecule has 0 fully saturated rings. The molecule has 0 saturated heterocycles. The Balaban J connectivity index is 2.20. The summed E-state index contributed by atoms with van der Waals surface area (Å²) < 4.78 is 40.0. The summed E-state index contributed by atoms with van der Waals surface area (Å²) >= 11 is 0. The van der Waals surface area contributed by atoms with Gasteiger partial charge in [-0.25, -0.2) is 4.98 Å². The molecular formula is C12H8F3N3O3. The molecule has 1 aromatic heterocycles. The van der Waals surface area contributed by atoms with E-state index in [4.69, 9.17) is 0 Å². The Hall–Kier alpha value is -2.84. The van der Waals surface area contributed by atoms with Gasteiger partial charge in [0.15, 0.2) is 0 Å². The number of alkyl halides is 3. The Morgan fingerprint density at radius 1 is 1.29 bits per heavy atom. The highest BCUT2D eigenvalue weighted by atomic mass is 19.4. The van der Waals surface area contributed by atoms with E-state index in [9.17, 15) is 23.1 Å². The lowest BCUT2D eigenvalue weighted by Gasteiger charge is -2.11. The molecule has 0 spiro atoms. The quantitative estimate of drug-likeness (QED) is 0.850. The zero-order valence-corrected chi connectivity index (χ0v) is 10.3. The van der Waals surface area contributed by atoms with Crippen LogP contribution in [0.3, 0.4) is 0 Å². The molecule has 1 heterocycles. The number of ether oxygens (including phenoxy) is 1. The summed E-state index contributed by atoms with van der Waals surface area (Å²) in [7, 11) is 0. The monoisotopic (exact) mass is 299 g/mol. The van der Waals surface area contributed by atoms with Crippen molar-refractivity contribution < 1.29 is 27.8 Å². The third kappa shape index (κ3) is 4.06. The number of nitrogens with zero attached hydrogens (tertiary/aromatic N) is 2. The van der Waals surface area contributed by atoms with Gasteiger partial charge in [0, 0.05) is 18.5 Å². The highest BCUT2D eigenvalue weighted by Crippen LogP contribution is 2.31. The number of halogens is 3. The molecule has 6 nitrogen and oxygen atoms in total. The fraction of sp³-hybridized carbons (Fsp3) is 0.0833. The van der Waals surface area contributed by atoms with Crippen molar-refractivity contribution in [2.45, 2.75) is 6.36 Å². The topological polar surface area (TPSA) is 84.3 Å². The van der Waals surface area contributed by atoms with Gasteiger partial charge in [0.25, 0.3) is 5.91 Å². The molecule has 1 amide bonds. The van der Waals surface area contributed by atoms with Crippen molar-refractivity contribution in [1.29, 1.82) is 0 Å². The Labute approximate surface area is 116 Å². The molecule has 0 bridgehead atoms. The first-order chi connectivity index (χ1) is 9.85. The van der Waals surface area contributed by atoms with E-state index >= 15 is 0 Å². The van der Waals surface area contributed by atoms with E-state index in [1.807, 2.05) is 0 Å². The number of carbonyl (C=O) groups is 1. The number of aromatic nitrogens is 2. The molecule has 0 radical (unpaired) electrons. The summed E-state index contributed by atoms with van der Waals surface area (Å²) in [5.74, 6) is -1.72. The summed E-state index contributed by atoms with van der Waals surface area (Å²) in [4.78, 5) is 19.2. The van der Waals surface area contributed by atoms with Crippen molar-refractivity contribution in [3.63, 3.8) is 0 Å². The number of nitrogens with one attached hydrogen (secondary N) is 1. The number of phenols is 1. The van der Waals surface area contributed by atoms with Gasteiger partial charge in [-0.2, -0.15) is 0 Å². The van der Waals surface area contributed by atoms with Crippen molar-refractivity contribution in [2.24, 2.45) is 0 Å². The molecule has 2 rings (SSSR count). The highest BCUT2D eigenvalue weighted by Gasteiger charge is 2.31. The molecule has 110 valence electrons. The van der Waals surface area contributed by atoms with Crippen molar-refractivity contribution in [2.75, 3.05) is 5.32 Å². The predicted molar refractivity (Wildman–Crippen MR) is 64.8 cm³/mol. The predicted octanol–water partition coefficient (Wildman–Crippen LogP) is 2.33. The number of benzene rings is 1. The van der Waals surface area contributed by atoms with Crippen LogP contribution in [0.25, 0.3) is 0 Å². The second-order valence-corrected chi connectivity index (χ2v) is 3.77. The van der Waals surface area contributed by atoms with Gasteiger partial charge in [-0.3, -0.25) is 9.78 Å². The van der Waals surface area contributed by atoms with Crippen molar-refractivity contribution in [3.05, 3.63) is 42.5 Å². The van der Waals surface area contributed by atoms with E-state index in [1.54, 1.807) is 0 Å². The fourth-order valence-corrected chi connectivity index (χ4v) is 1.42. The van der Waals surface area contributed by atoms with Crippen molar-refractivity contribution in [3.8, 4) is 11.5 Å². The van der Waals surface area contributed by atoms with E-state index < -0.39 is 23.8 Å². The molecule has 1 aromatic carbocycles. The normalized spacial score (nSPS) is 11.0. The summed E-state index contributed by atoms with van der Waals surface area (Å²) in [6, 6.07) is 2.73. The number of hydrogen-bond donors (Lipinski definition) is 2. The lowest BCUT2D eigenvalue weighted by molar-refractivity contribution is -0.274. The van der Waals surface area contributed by atoms with E-state index in [1.165, 1.54) is 18.6 Å². The van der Waals surface area contributed by atoms with E-state index in [0.717, 1.165) is 18.2 Å². The van der Waals surface area contributed by atoms with E-state index in [2.05, 4.69) is 20.0 Å². The van der Waals surface area contributed by atoms with Crippen LogP contribution in [0.4, 0.5) is 18.9 Å². The molecule has 0 aliphatic rings. The standard InChI is InChI=1S/C12H8F3N3O3/c13-12(14,15)21-7-1-2-10(19)8(5-7)18-11(20)9-6-16-3-4-17-9/h1-6,19H,(H,18,20). The Morgan fingerprint density at radius 2 is 2.05 bits per heavy atom.